The van der Waals surface area contributed by atoms with E-state index >= 15 is 0 Å². The Kier molecular flexibility index (Phi) is 5.15. The lowest BCUT2D eigenvalue weighted by molar-refractivity contribution is 0.439. The van der Waals surface area contributed by atoms with Crippen LogP contribution in [-0.2, 0) is 16.4 Å². The van der Waals surface area contributed by atoms with Crippen LogP contribution in [0.15, 0.2) is 28.5 Å². The number of rotatable bonds is 6. The second-order valence-corrected chi connectivity index (χ2v) is 7.78. The summed E-state index contributed by atoms with van der Waals surface area (Å²) in [5, 5.41) is 3.25. The van der Waals surface area contributed by atoms with Gasteiger partial charge in [0.25, 0.3) is 10.0 Å². The van der Waals surface area contributed by atoms with Gasteiger partial charge >= 0.3 is 0 Å². The summed E-state index contributed by atoms with van der Waals surface area (Å²) in [5.41, 5.74) is 0. The summed E-state index contributed by atoms with van der Waals surface area (Å²) in [6.07, 6.45) is 5.63. The van der Waals surface area contributed by atoms with E-state index in [1.165, 1.54) is 11.3 Å². The van der Waals surface area contributed by atoms with Crippen molar-refractivity contribution in [1.29, 1.82) is 0 Å². The summed E-state index contributed by atoms with van der Waals surface area (Å²) in [4.78, 5) is 1.12. The van der Waals surface area contributed by atoms with E-state index < -0.39 is 10.0 Å². The van der Waals surface area contributed by atoms with Crippen LogP contribution in [0.4, 0.5) is 0 Å². The molecular weight excluding hydrogens is 280 g/mol. The van der Waals surface area contributed by atoms with Gasteiger partial charge in [0.05, 0.1) is 0 Å². The highest BCUT2D eigenvalue weighted by Gasteiger charge is 2.25. The van der Waals surface area contributed by atoms with Crippen molar-refractivity contribution >= 4 is 21.4 Å². The van der Waals surface area contributed by atoms with Crippen LogP contribution in [0.1, 0.15) is 18.2 Å². The first-order valence-corrected chi connectivity index (χ1v) is 8.85. The average Bonchev–Trinajstić information content (AvgIpc) is 2.90. The molecule has 1 N–H and O–H groups in total. The molecular formula is C13H20N2O2S2. The molecule has 2 rings (SSSR count). The highest BCUT2D eigenvalue weighted by Crippen LogP contribution is 2.26. The van der Waals surface area contributed by atoms with E-state index in [2.05, 4.69) is 12.2 Å². The first-order chi connectivity index (χ1) is 9.14. The fourth-order valence-corrected chi connectivity index (χ4v) is 4.90. The van der Waals surface area contributed by atoms with Crippen molar-refractivity contribution < 1.29 is 8.42 Å². The van der Waals surface area contributed by atoms with Crippen LogP contribution in [0.25, 0.3) is 0 Å². The monoisotopic (exact) mass is 300 g/mol. The molecule has 0 unspecified atom stereocenters. The Bertz CT molecular complexity index is 535. The zero-order valence-electron chi connectivity index (χ0n) is 11.1. The fraction of sp³-hybridized carbons (Fsp3) is 0.538. The molecule has 0 spiro atoms. The molecule has 0 radical (unpaired) electrons. The molecule has 0 saturated heterocycles. The van der Waals surface area contributed by atoms with Crippen molar-refractivity contribution in [3.05, 3.63) is 29.2 Å². The Morgan fingerprint density at radius 2 is 2.21 bits per heavy atom. The molecule has 0 atom stereocenters. The molecule has 19 heavy (non-hydrogen) atoms. The Labute approximate surface area is 119 Å². The fourth-order valence-electron chi connectivity index (χ4n) is 1.98. The van der Waals surface area contributed by atoms with Crippen molar-refractivity contribution in [2.45, 2.75) is 24.0 Å². The van der Waals surface area contributed by atoms with Crippen molar-refractivity contribution in [1.82, 2.24) is 9.62 Å². The third-order valence-electron chi connectivity index (χ3n) is 3.05. The first kappa shape index (κ1) is 14.7. The van der Waals surface area contributed by atoms with Gasteiger partial charge in [-0.1, -0.05) is 19.1 Å². The highest BCUT2D eigenvalue weighted by atomic mass is 32.2. The number of sulfonamides is 1. The molecule has 0 fully saturated rings. The van der Waals surface area contributed by atoms with Gasteiger partial charge in [-0.05, 0) is 38.1 Å². The van der Waals surface area contributed by atoms with Crippen LogP contribution in [0.2, 0.25) is 0 Å². The number of hydrogen-bond acceptors (Lipinski definition) is 4. The third-order valence-corrected chi connectivity index (χ3v) is 6.53. The number of hydrogen-bond donors (Lipinski definition) is 1. The van der Waals surface area contributed by atoms with E-state index in [0.29, 0.717) is 17.3 Å². The van der Waals surface area contributed by atoms with Crippen LogP contribution < -0.4 is 5.32 Å². The highest BCUT2D eigenvalue weighted by molar-refractivity contribution is 7.91. The third kappa shape index (κ3) is 3.66. The minimum atomic E-state index is -3.29. The lowest BCUT2D eigenvalue weighted by atomic mass is 10.3. The summed E-state index contributed by atoms with van der Waals surface area (Å²) in [5.74, 6) is 0. The maximum atomic E-state index is 12.4. The van der Waals surface area contributed by atoms with Gasteiger partial charge in [-0.3, -0.25) is 0 Å². The van der Waals surface area contributed by atoms with Gasteiger partial charge in [-0.2, -0.15) is 4.31 Å². The van der Waals surface area contributed by atoms with E-state index in [4.69, 9.17) is 0 Å². The summed E-state index contributed by atoms with van der Waals surface area (Å²) in [7, 11) is -3.29. The molecule has 0 saturated carbocycles. The molecule has 4 nitrogen and oxygen atoms in total. The van der Waals surface area contributed by atoms with Crippen molar-refractivity contribution in [2.24, 2.45) is 0 Å². The van der Waals surface area contributed by atoms with Gasteiger partial charge < -0.3 is 5.32 Å². The van der Waals surface area contributed by atoms with E-state index in [1.54, 1.807) is 10.4 Å². The Morgan fingerprint density at radius 3 is 2.89 bits per heavy atom. The maximum Gasteiger partial charge on any atom is 0.252 e. The van der Waals surface area contributed by atoms with Crippen molar-refractivity contribution in [2.75, 3.05) is 26.2 Å². The van der Waals surface area contributed by atoms with Crippen LogP contribution in [-0.4, -0.2) is 38.9 Å². The van der Waals surface area contributed by atoms with Crippen LogP contribution >= 0.6 is 11.3 Å². The number of likely N-dealkylation sites (N-methyl/N-ethyl adjacent to an activating group) is 1. The first-order valence-electron chi connectivity index (χ1n) is 6.59. The van der Waals surface area contributed by atoms with Gasteiger partial charge in [0.15, 0.2) is 0 Å². The van der Waals surface area contributed by atoms with E-state index in [0.717, 1.165) is 30.8 Å². The SMILES string of the molecule is CCNCCc1ccc(S(=O)(=O)N2CC=CCC2)s1. The number of nitrogens with one attached hydrogen (secondary N) is 1. The van der Waals surface area contributed by atoms with Gasteiger partial charge in [0.1, 0.15) is 4.21 Å². The molecule has 6 heteroatoms. The average molecular weight is 300 g/mol. The van der Waals surface area contributed by atoms with Gasteiger partial charge in [0.2, 0.25) is 0 Å². The lowest BCUT2D eigenvalue weighted by Crippen LogP contribution is -2.33. The molecule has 1 aromatic rings. The van der Waals surface area contributed by atoms with Gasteiger partial charge in [0, 0.05) is 18.0 Å². The summed E-state index contributed by atoms with van der Waals surface area (Å²) < 4.78 is 26.9. The van der Waals surface area contributed by atoms with E-state index in [-0.39, 0.29) is 0 Å². The Hall–Kier alpha value is -0.690. The molecule has 1 aromatic heterocycles. The van der Waals surface area contributed by atoms with Crippen molar-refractivity contribution in [3.63, 3.8) is 0 Å². The number of nitrogens with zero attached hydrogens (tertiary/aromatic N) is 1. The molecule has 0 aromatic carbocycles. The van der Waals surface area contributed by atoms with E-state index in [9.17, 15) is 8.42 Å². The molecule has 1 aliphatic rings. The second-order valence-electron chi connectivity index (χ2n) is 4.45. The minimum absolute atomic E-state index is 0.467. The summed E-state index contributed by atoms with van der Waals surface area (Å²) in [6.45, 7) is 4.98. The maximum absolute atomic E-state index is 12.4. The standard InChI is InChI=1S/C13H20N2O2S2/c1-2-14-9-8-12-6-7-13(18-12)19(16,17)15-10-4-3-5-11-15/h3-4,6-7,14H,2,5,8-11H2,1H3. The van der Waals surface area contributed by atoms with E-state index in [1.807, 2.05) is 18.2 Å². The Balaban J connectivity index is 2.06. The van der Waals surface area contributed by atoms with Crippen LogP contribution in [0.5, 0.6) is 0 Å². The smallest absolute Gasteiger partial charge is 0.252 e. The quantitative estimate of drug-likeness (QED) is 0.644. The minimum Gasteiger partial charge on any atom is -0.317 e. The predicted octanol–water partition coefficient (Wildman–Crippen LogP) is 1.85. The van der Waals surface area contributed by atoms with Crippen LogP contribution in [0.3, 0.4) is 0 Å². The molecule has 0 amide bonds. The Morgan fingerprint density at radius 1 is 1.37 bits per heavy atom. The molecule has 0 bridgehead atoms. The molecule has 2 heterocycles. The lowest BCUT2D eigenvalue weighted by Gasteiger charge is -2.21. The summed E-state index contributed by atoms with van der Waals surface area (Å²) >= 11 is 1.39. The van der Waals surface area contributed by atoms with Crippen molar-refractivity contribution in [3.8, 4) is 0 Å². The number of thiophene rings is 1. The van der Waals surface area contributed by atoms with Gasteiger partial charge in [-0.25, -0.2) is 8.42 Å². The predicted molar refractivity (Wildman–Crippen MR) is 79.1 cm³/mol. The molecule has 1 aliphatic heterocycles. The molecule has 106 valence electrons. The van der Waals surface area contributed by atoms with Gasteiger partial charge in [-0.15, -0.1) is 11.3 Å². The van der Waals surface area contributed by atoms with Crippen LogP contribution in [0, 0.1) is 0 Å². The second kappa shape index (κ2) is 6.65. The zero-order chi connectivity index (χ0) is 13.7. The normalized spacial score (nSPS) is 16.9. The molecule has 0 aliphatic carbocycles. The largest absolute Gasteiger partial charge is 0.317 e. The summed E-state index contributed by atoms with van der Waals surface area (Å²) in [6, 6.07) is 3.66. The zero-order valence-corrected chi connectivity index (χ0v) is 12.8. The topological polar surface area (TPSA) is 49.4 Å².